The lowest BCUT2D eigenvalue weighted by atomic mass is 10.2. The Morgan fingerprint density at radius 3 is 2.60 bits per heavy atom. The van der Waals surface area contributed by atoms with Gasteiger partial charge in [0, 0.05) is 20.2 Å². The fourth-order valence-corrected chi connectivity index (χ4v) is 1.52. The lowest BCUT2D eigenvalue weighted by Crippen LogP contribution is -2.37. The van der Waals surface area contributed by atoms with Gasteiger partial charge in [-0.3, -0.25) is 4.84 Å². The van der Waals surface area contributed by atoms with Crippen LogP contribution in [0.1, 0.15) is 19.3 Å². The predicted molar refractivity (Wildman–Crippen MR) is 53.7 cm³/mol. The molecule has 0 N–H and O–H groups in total. The Hall–Kier alpha value is -0.200. The zero-order chi connectivity index (χ0) is 10.9. The average molecular weight is 218 g/mol. The third-order valence-corrected chi connectivity index (χ3v) is 2.33. The molecule has 5 nitrogen and oxygen atoms in total. The van der Waals surface area contributed by atoms with E-state index >= 15 is 0 Å². The quantitative estimate of drug-likeness (QED) is 0.469. The van der Waals surface area contributed by atoms with E-state index in [9.17, 15) is 5.11 Å². The van der Waals surface area contributed by atoms with Gasteiger partial charge >= 0.3 is 0 Å². The molecule has 0 bridgehead atoms. The maximum Gasteiger partial charge on any atom is 0.200 e. The Balaban J connectivity index is 2.13. The molecule has 89 valence electrons. The molecule has 0 amide bonds. The number of hydrogen-bond donors (Lipinski definition) is 0. The summed E-state index contributed by atoms with van der Waals surface area (Å²) in [4.78, 5) is 5.57. The molecule has 1 rings (SSSR count). The second-order valence-electron chi connectivity index (χ2n) is 3.54. The normalized spacial score (nSPS) is 20.4. The summed E-state index contributed by atoms with van der Waals surface area (Å²) < 4.78 is 10.2. The second-order valence-corrected chi connectivity index (χ2v) is 3.54. The van der Waals surface area contributed by atoms with E-state index in [1.807, 2.05) is 5.06 Å². The molecule has 1 atom stereocenters. The van der Waals surface area contributed by atoms with Crippen molar-refractivity contribution < 1.29 is 19.4 Å². The summed E-state index contributed by atoms with van der Waals surface area (Å²) >= 11 is 0. The van der Waals surface area contributed by atoms with Crippen LogP contribution in [0.4, 0.5) is 0 Å². The highest BCUT2D eigenvalue weighted by atomic mass is 16.8. The first-order valence-electron chi connectivity index (χ1n) is 5.47. The van der Waals surface area contributed by atoms with Gasteiger partial charge in [0.2, 0.25) is 6.29 Å². The van der Waals surface area contributed by atoms with E-state index in [2.05, 4.69) is 0 Å². The van der Waals surface area contributed by atoms with E-state index in [0.29, 0.717) is 6.61 Å². The zero-order valence-corrected chi connectivity index (χ0v) is 9.31. The molecule has 0 spiro atoms. The number of hydrogen-bond acceptors (Lipinski definition) is 4. The summed E-state index contributed by atoms with van der Waals surface area (Å²) in [6.07, 6.45) is 3.20. The van der Waals surface area contributed by atoms with E-state index in [1.54, 1.807) is 7.11 Å². The molecule has 0 saturated carbocycles. The van der Waals surface area contributed by atoms with E-state index in [0.717, 1.165) is 25.9 Å². The minimum atomic E-state index is -0.394. The molecule has 0 aromatic carbocycles. The van der Waals surface area contributed by atoms with Crippen LogP contribution in [0.25, 0.3) is 0 Å². The first-order valence-corrected chi connectivity index (χ1v) is 5.47. The minimum Gasteiger partial charge on any atom is -0.374 e. The Bertz CT molecular complexity index is 150. The van der Waals surface area contributed by atoms with E-state index in [4.69, 9.17) is 14.3 Å². The predicted octanol–water partition coefficient (Wildman–Crippen LogP) is 0.823. The monoisotopic (exact) mass is 218 g/mol. The van der Waals surface area contributed by atoms with Crippen molar-refractivity contribution in [2.75, 3.05) is 40.0 Å². The van der Waals surface area contributed by atoms with Crippen molar-refractivity contribution in [3.05, 3.63) is 0 Å². The fraction of sp³-hybridized carbons (Fsp3) is 1.00. The van der Waals surface area contributed by atoms with E-state index < -0.39 is 6.29 Å². The van der Waals surface area contributed by atoms with Crippen molar-refractivity contribution in [2.45, 2.75) is 25.6 Å². The zero-order valence-electron chi connectivity index (χ0n) is 9.31. The molecule has 0 aromatic heterocycles. The van der Waals surface area contributed by atoms with Crippen LogP contribution in [0, 0.1) is 0 Å². The Kier molecular flexibility index (Phi) is 6.87. The number of nitrogens with zero attached hydrogens (tertiary/aromatic N) is 1. The van der Waals surface area contributed by atoms with E-state index in [-0.39, 0.29) is 13.2 Å². The van der Waals surface area contributed by atoms with Gasteiger partial charge in [0.25, 0.3) is 0 Å². The standard InChI is InChI=1S/C10H20NO4/c1-13-10(9-14-8-7-12)15-11-5-3-2-4-6-11/h10H,2-9H2,1H3. The molecular formula is C10H20NO4. The smallest absolute Gasteiger partial charge is 0.200 e. The summed E-state index contributed by atoms with van der Waals surface area (Å²) in [5.41, 5.74) is 0. The Morgan fingerprint density at radius 2 is 2.00 bits per heavy atom. The molecule has 1 saturated heterocycles. The third-order valence-electron chi connectivity index (χ3n) is 2.33. The van der Waals surface area contributed by atoms with Gasteiger partial charge in [-0.1, -0.05) is 6.42 Å². The lowest BCUT2D eigenvalue weighted by Gasteiger charge is -2.29. The van der Waals surface area contributed by atoms with Crippen LogP contribution < -0.4 is 0 Å². The lowest BCUT2D eigenvalue weighted by molar-refractivity contribution is -0.290. The highest BCUT2D eigenvalue weighted by Gasteiger charge is 2.16. The highest BCUT2D eigenvalue weighted by Crippen LogP contribution is 2.11. The minimum absolute atomic E-state index is 0.212. The van der Waals surface area contributed by atoms with Crippen molar-refractivity contribution in [1.29, 1.82) is 0 Å². The second kappa shape index (κ2) is 8.01. The summed E-state index contributed by atoms with van der Waals surface area (Å²) in [6, 6.07) is 0. The van der Waals surface area contributed by atoms with Gasteiger partial charge < -0.3 is 9.47 Å². The molecule has 1 aliphatic heterocycles. The van der Waals surface area contributed by atoms with Crippen molar-refractivity contribution in [3.8, 4) is 0 Å². The molecule has 1 fully saturated rings. The molecular weight excluding hydrogens is 198 g/mol. The number of piperidine rings is 1. The third kappa shape index (κ3) is 5.44. The van der Waals surface area contributed by atoms with Crippen molar-refractivity contribution in [3.63, 3.8) is 0 Å². The topological polar surface area (TPSA) is 50.8 Å². The average Bonchev–Trinajstić information content (AvgIpc) is 2.29. The molecule has 1 radical (unpaired) electrons. The highest BCUT2D eigenvalue weighted by molar-refractivity contribution is 4.57. The molecule has 1 aliphatic rings. The molecule has 1 heterocycles. The van der Waals surface area contributed by atoms with Gasteiger partial charge in [0.15, 0.2) is 0 Å². The number of rotatable bonds is 7. The molecule has 15 heavy (non-hydrogen) atoms. The van der Waals surface area contributed by atoms with Gasteiger partial charge in [0.05, 0.1) is 13.2 Å². The summed E-state index contributed by atoms with van der Waals surface area (Å²) in [7, 11) is 1.58. The Labute approximate surface area is 90.9 Å². The van der Waals surface area contributed by atoms with Crippen molar-refractivity contribution in [1.82, 2.24) is 5.06 Å². The van der Waals surface area contributed by atoms with Gasteiger partial charge in [-0.15, -0.1) is 0 Å². The van der Waals surface area contributed by atoms with Crippen LogP contribution in [-0.2, 0) is 19.4 Å². The van der Waals surface area contributed by atoms with E-state index in [1.165, 1.54) is 6.42 Å². The van der Waals surface area contributed by atoms with Gasteiger partial charge in [-0.25, -0.2) is 5.11 Å². The van der Waals surface area contributed by atoms with Crippen LogP contribution >= 0.6 is 0 Å². The first kappa shape index (κ1) is 12.9. The maximum atomic E-state index is 10.2. The van der Waals surface area contributed by atoms with Crippen LogP contribution in [0.15, 0.2) is 0 Å². The van der Waals surface area contributed by atoms with Crippen LogP contribution in [0.2, 0.25) is 0 Å². The SMILES string of the molecule is COC(COCC[O])ON1CCCCC1. The van der Waals surface area contributed by atoms with Crippen LogP contribution in [0.5, 0.6) is 0 Å². The Morgan fingerprint density at radius 1 is 1.27 bits per heavy atom. The van der Waals surface area contributed by atoms with Crippen molar-refractivity contribution in [2.24, 2.45) is 0 Å². The number of ether oxygens (including phenoxy) is 2. The largest absolute Gasteiger partial charge is 0.374 e. The summed E-state index contributed by atoms with van der Waals surface area (Å²) in [5, 5.41) is 12.1. The number of methoxy groups -OCH3 is 1. The molecule has 0 aromatic rings. The first-order chi connectivity index (χ1) is 7.36. The fourth-order valence-electron chi connectivity index (χ4n) is 1.52. The molecule has 0 aliphatic carbocycles. The van der Waals surface area contributed by atoms with Crippen LogP contribution in [0.3, 0.4) is 0 Å². The van der Waals surface area contributed by atoms with Crippen LogP contribution in [-0.4, -0.2) is 51.4 Å². The number of hydroxylamine groups is 2. The molecule has 5 heteroatoms. The van der Waals surface area contributed by atoms with Gasteiger partial charge in [0.1, 0.15) is 6.61 Å². The summed E-state index contributed by atoms with van der Waals surface area (Å²) in [6.45, 7) is 2.20. The van der Waals surface area contributed by atoms with Gasteiger partial charge in [-0.2, -0.15) is 5.06 Å². The van der Waals surface area contributed by atoms with Gasteiger partial charge in [-0.05, 0) is 12.8 Å². The maximum absolute atomic E-state index is 10.2. The molecule has 1 unspecified atom stereocenters. The van der Waals surface area contributed by atoms with Crippen molar-refractivity contribution >= 4 is 0 Å². The summed E-state index contributed by atoms with van der Waals surface area (Å²) in [5.74, 6) is 0.